The first-order valence-electron chi connectivity index (χ1n) is 7.45. The molecule has 0 amide bonds. The zero-order valence-electron chi connectivity index (χ0n) is 12.1. The van der Waals surface area contributed by atoms with Crippen LogP contribution >= 0.6 is 11.6 Å². The third kappa shape index (κ3) is 4.74. The van der Waals surface area contributed by atoms with Crippen LogP contribution in [0.5, 0.6) is 0 Å². The average molecular weight is 298 g/mol. The molecule has 1 heterocycles. The molecule has 0 saturated carbocycles. The molecule has 1 saturated heterocycles. The Kier molecular flexibility index (Phi) is 6.80. The van der Waals surface area contributed by atoms with E-state index in [1.54, 1.807) is 0 Å². The molecular weight excluding hydrogens is 274 g/mol. The summed E-state index contributed by atoms with van der Waals surface area (Å²) < 4.78 is 11.5. The Bertz CT molecular complexity index is 394. The fraction of sp³-hybridized carbons (Fsp3) is 0.625. The van der Waals surface area contributed by atoms with E-state index in [-0.39, 0.29) is 6.10 Å². The first kappa shape index (κ1) is 15.8. The normalized spacial score (nSPS) is 18.1. The van der Waals surface area contributed by atoms with Crippen molar-refractivity contribution in [3.63, 3.8) is 0 Å². The van der Waals surface area contributed by atoms with Crippen molar-refractivity contribution in [1.29, 1.82) is 0 Å². The van der Waals surface area contributed by atoms with Gasteiger partial charge in [-0.2, -0.15) is 0 Å². The van der Waals surface area contributed by atoms with Crippen molar-refractivity contribution in [3.05, 3.63) is 34.9 Å². The fourth-order valence-corrected chi connectivity index (χ4v) is 2.69. The molecule has 3 nitrogen and oxygen atoms in total. The summed E-state index contributed by atoms with van der Waals surface area (Å²) in [7, 11) is 0. The molecule has 1 aromatic carbocycles. The van der Waals surface area contributed by atoms with E-state index >= 15 is 0 Å². The van der Waals surface area contributed by atoms with Gasteiger partial charge in [0.05, 0.1) is 12.7 Å². The molecule has 0 aromatic heterocycles. The Morgan fingerprint density at radius 1 is 1.35 bits per heavy atom. The average Bonchev–Trinajstić information content (AvgIpc) is 2.49. The molecule has 1 fully saturated rings. The summed E-state index contributed by atoms with van der Waals surface area (Å²) in [5, 5.41) is 4.13. The number of halogens is 1. The van der Waals surface area contributed by atoms with Crippen LogP contribution in [0, 0.1) is 5.92 Å². The van der Waals surface area contributed by atoms with Crippen molar-refractivity contribution in [2.24, 2.45) is 5.92 Å². The maximum absolute atomic E-state index is 6.29. The Labute approximate surface area is 126 Å². The third-order valence-corrected chi connectivity index (χ3v) is 4.05. The molecule has 20 heavy (non-hydrogen) atoms. The van der Waals surface area contributed by atoms with Gasteiger partial charge in [-0.1, -0.05) is 36.7 Å². The van der Waals surface area contributed by atoms with E-state index in [1.807, 2.05) is 24.3 Å². The number of nitrogens with one attached hydrogen (secondary N) is 1. The standard InChI is InChI=1S/C16H24ClNO2/c1-2-18-11-16(14-5-3-4-6-15(14)17)20-12-13-7-9-19-10-8-13/h3-6,13,16,18H,2,7-12H2,1H3. The summed E-state index contributed by atoms with van der Waals surface area (Å²) in [6, 6.07) is 7.94. The summed E-state index contributed by atoms with van der Waals surface area (Å²) in [5.74, 6) is 0.607. The molecule has 1 aliphatic rings. The number of likely N-dealkylation sites (N-methyl/N-ethyl adjacent to an activating group) is 1. The highest BCUT2D eigenvalue weighted by molar-refractivity contribution is 6.31. The van der Waals surface area contributed by atoms with Crippen LogP contribution in [0.3, 0.4) is 0 Å². The minimum absolute atomic E-state index is 0.0199. The van der Waals surface area contributed by atoms with Crippen molar-refractivity contribution in [2.75, 3.05) is 32.9 Å². The SMILES string of the molecule is CCNCC(OCC1CCOCC1)c1ccccc1Cl. The van der Waals surface area contributed by atoms with Gasteiger partial charge in [0.1, 0.15) is 0 Å². The molecule has 4 heteroatoms. The zero-order valence-corrected chi connectivity index (χ0v) is 12.9. The second kappa shape index (κ2) is 8.63. The van der Waals surface area contributed by atoms with Crippen molar-refractivity contribution >= 4 is 11.6 Å². The van der Waals surface area contributed by atoms with Crippen molar-refractivity contribution in [2.45, 2.75) is 25.9 Å². The molecule has 1 N–H and O–H groups in total. The largest absolute Gasteiger partial charge is 0.381 e. The van der Waals surface area contributed by atoms with Crippen molar-refractivity contribution in [1.82, 2.24) is 5.32 Å². The van der Waals surface area contributed by atoms with E-state index in [9.17, 15) is 0 Å². The predicted molar refractivity (Wildman–Crippen MR) is 82.2 cm³/mol. The second-order valence-corrected chi connectivity index (χ2v) is 5.61. The summed E-state index contributed by atoms with van der Waals surface area (Å²) in [6.07, 6.45) is 2.21. The molecular formula is C16H24ClNO2. The lowest BCUT2D eigenvalue weighted by Gasteiger charge is -2.26. The van der Waals surface area contributed by atoms with E-state index in [2.05, 4.69) is 12.2 Å². The van der Waals surface area contributed by atoms with Crippen LogP contribution < -0.4 is 5.32 Å². The minimum atomic E-state index is 0.0199. The zero-order chi connectivity index (χ0) is 14.2. The van der Waals surface area contributed by atoms with Crippen LogP contribution in [0.2, 0.25) is 5.02 Å². The predicted octanol–water partition coefficient (Wildman–Crippen LogP) is 3.43. The first-order valence-corrected chi connectivity index (χ1v) is 7.83. The van der Waals surface area contributed by atoms with E-state index in [4.69, 9.17) is 21.1 Å². The van der Waals surface area contributed by atoms with Gasteiger partial charge in [0, 0.05) is 30.3 Å². The Hall–Kier alpha value is -0.610. The van der Waals surface area contributed by atoms with E-state index in [0.29, 0.717) is 5.92 Å². The lowest BCUT2D eigenvalue weighted by molar-refractivity contribution is -0.0112. The molecule has 0 radical (unpaired) electrons. The van der Waals surface area contributed by atoms with Gasteiger partial charge in [0.15, 0.2) is 0 Å². The third-order valence-electron chi connectivity index (χ3n) is 3.71. The van der Waals surface area contributed by atoms with Gasteiger partial charge in [-0.15, -0.1) is 0 Å². The van der Waals surface area contributed by atoms with Gasteiger partial charge in [0.2, 0.25) is 0 Å². The molecule has 1 aromatic rings. The smallest absolute Gasteiger partial charge is 0.0963 e. The fourth-order valence-electron chi connectivity index (χ4n) is 2.44. The number of hydrogen-bond acceptors (Lipinski definition) is 3. The lowest BCUT2D eigenvalue weighted by atomic mass is 10.0. The van der Waals surface area contributed by atoms with Gasteiger partial charge in [-0.25, -0.2) is 0 Å². The highest BCUT2D eigenvalue weighted by Crippen LogP contribution is 2.26. The maximum Gasteiger partial charge on any atom is 0.0963 e. The van der Waals surface area contributed by atoms with Gasteiger partial charge >= 0.3 is 0 Å². The highest BCUT2D eigenvalue weighted by atomic mass is 35.5. The van der Waals surface area contributed by atoms with Crippen molar-refractivity contribution in [3.8, 4) is 0 Å². The molecule has 2 rings (SSSR count). The number of benzene rings is 1. The molecule has 112 valence electrons. The quantitative estimate of drug-likeness (QED) is 0.836. The summed E-state index contributed by atoms with van der Waals surface area (Å²) in [5.41, 5.74) is 1.07. The Balaban J connectivity index is 1.94. The van der Waals surface area contributed by atoms with Crippen LogP contribution in [-0.2, 0) is 9.47 Å². The van der Waals surface area contributed by atoms with Gasteiger partial charge < -0.3 is 14.8 Å². The molecule has 1 aliphatic heterocycles. The second-order valence-electron chi connectivity index (χ2n) is 5.21. The molecule has 1 atom stereocenters. The molecule has 0 bridgehead atoms. The van der Waals surface area contributed by atoms with Crippen LogP contribution in [0.25, 0.3) is 0 Å². The van der Waals surface area contributed by atoms with Gasteiger partial charge in [0.25, 0.3) is 0 Å². The lowest BCUT2D eigenvalue weighted by Crippen LogP contribution is -2.27. The van der Waals surface area contributed by atoms with Gasteiger partial charge in [-0.05, 0) is 31.4 Å². The van der Waals surface area contributed by atoms with E-state index in [1.165, 1.54) is 0 Å². The van der Waals surface area contributed by atoms with Crippen LogP contribution in [0.4, 0.5) is 0 Å². The Morgan fingerprint density at radius 3 is 2.80 bits per heavy atom. The summed E-state index contributed by atoms with van der Waals surface area (Å²) in [4.78, 5) is 0. The van der Waals surface area contributed by atoms with Crippen LogP contribution in [-0.4, -0.2) is 32.9 Å². The van der Waals surface area contributed by atoms with Gasteiger partial charge in [-0.3, -0.25) is 0 Å². The van der Waals surface area contributed by atoms with E-state index in [0.717, 1.165) is 56.3 Å². The molecule has 1 unspecified atom stereocenters. The van der Waals surface area contributed by atoms with Crippen LogP contribution in [0.1, 0.15) is 31.4 Å². The van der Waals surface area contributed by atoms with Crippen molar-refractivity contribution < 1.29 is 9.47 Å². The summed E-state index contributed by atoms with van der Waals surface area (Å²) in [6.45, 7) is 6.33. The van der Waals surface area contributed by atoms with E-state index < -0.39 is 0 Å². The maximum atomic E-state index is 6.29. The summed E-state index contributed by atoms with van der Waals surface area (Å²) >= 11 is 6.29. The number of hydrogen-bond donors (Lipinski definition) is 1. The molecule has 0 aliphatic carbocycles. The number of ether oxygens (including phenoxy) is 2. The minimum Gasteiger partial charge on any atom is -0.381 e. The highest BCUT2D eigenvalue weighted by Gasteiger charge is 2.19. The first-order chi connectivity index (χ1) is 9.81. The van der Waals surface area contributed by atoms with Crippen LogP contribution in [0.15, 0.2) is 24.3 Å². The monoisotopic (exact) mass is 297 g/mol. The molecule has 0 spiro atoms. The topological polar surface area (TPSA) is 30.5 Å². The Morgan fingerprint density at radius 2 is 2.10 bits per heavy atom. The number of rotatable bonds is 7.